The van der Waals surface area contributed by atoms with Crippen molar-refractivity contribution in [2.75, 3.05) is 53.2 Å². The zero-order valence-electron chi connectivity index (χ0n) is 14.6. The minimum absolute atomic E-state index is 0.0850. The number of hydrogen-bond donors (Lipinski definition) is 0. The number of rotatable bonds is 14. The average molecular weight is 337 g/mol. The van der Waals surface area contributed by atoms with Gasteiger partial charge in [-0.15, -0.1) is 0 Å². The van der Waals surface area contributed by atoms with Crippen LogP contribution in [0.1, 0.15) is 26.2 Å². The summed E-state index contributed by atoms with van der Waals surface area (Å²) < 4.78 is 15.7. The maximum absolute atomic E-state index is 11.6. The summed E-state index contributed by atoms with van der Waals surface area (Å²) in [4.78, 5) is 13.4. The van der Waals surface area contributed by atoms with Crippen LogP contribution in [-0.4, -0.2) is 64.0 Å². The monoisotopic (exact) mass is 337 g/mol. The fraction of sp³-hybridized carbons (Fsp3) is 0.706. The van der Waals surface area contributed by atoms with Crippen LogP contribution in [0.5, 0.6) is 0 Å². The van der Waals surface area contributed by atoms with Crippen molar-refractivity contribution >= 4 is 5.97 Å². The van der Waals surface area contributed by atoms with Crippen LogP contribution >= 0.6 is 0 Å². The first kappa shape index (κ1) is 22.1. The topological polar surface area (TPSA) is 95.6 Å². The molecule has 0 aliphatic carbocycles. The molecule has 134 valence electrons. The van der Waals surface area contributed by atoms with Gasteiger partial charge in [-0.25, -0.2) is 0 Å². The van der Waals surface area contributed by atoms with Crippen LogP contribution in [0, 0.1) is 22.7 Å². The van der Waals surface area contributed by atoms with Gasteiger partial charge in [-0.3, -0.25) is 9.69 Å². The molecule has 0 unspecified atom stereocenters. The van der Waals surface area contributed by atoms with Crippen molar-refractivity contribution in [2.24, 2.45) is 0 Å². The fourth-order valence-electron chi connectivity index (χ4n) is 1.67. The molecule has 0 spiro atoms. The first-order valence-corrected chi connectivity index (χ1v) is 8.14. The van der Waals surface area contributed by atoms with Crippen molar-refractivity contribution in [3.63, 3.8) is 0 Å². The lowest BCUT2D eigenvalue weighted by molar-refractivity contribution is -0.146. The molecule has 0 radical (unpaired) electrons. The van der Waals surface area contributed by atoms with Crippen LogP contribution in [0.2, 0.25) is 0 Å². The molecule has 0 aromatic heterocycles. The molecule has 24 heavy (non-hydrogen) atoms. The highest BCUT2D eigenvalue weighted by Gasteiger charge is 2.07. The van der Waals surface area contributed by atoms with Crippen molar-refractivity contribution in [2.45, 2.75) is 26.2 Å². The SMILES string of the molecule is CCCCOCCOCCOC(=O)CN(C)CCC=C(C#N)C#N. The van der Waals surface area contributed by atoms with Crippen LogP contribution in [0.4, 0.5) is 0 Å². The van der Waals surface area contributed by atoms with E-state index in [2.05, 4.69) is 6.92 Å². The molecular formula is C17H27N3O4. The van der Waals surface area contributed by atoms with Gasteiger partial charge in [-0.05, 0) is 19.9 Å². The van der Waals surface area contributed by atoms with Crippen molar-refractivity contribution in [3.8, 4) is 12.1 Å². The first-order chi connectivity index (χ1) is 11.6. The van der Waals surface area contributed by atoms with E-state index in [1.165, 1.54) is 0 Å². The fourth-order valence-corrected chi connectivity index (χ4v) is 1.67. The van der Waals surface area contributed by atoms with Crippen molar-refractivity contribution in [1.82, 2.24) is 4.90 Å². The van der Waals surface area contributed by atoms with Gasteiger partial charge in [0.1, 0.15) is 24.3 Å². The second-order valence-corrected chi connectivity index (χ2v) is 5.17. The van der Waals surface area contributed by atoms with Crippen molar-refractivity contribution < 1.29 is 19.0 Å². The van der Waals surface area contributed by atoms with Crippen LogP contribution in [0.25, 0.3) is 0 Å². The van der Waals surface area contributed by atoms with Gasteiger partial charge >= 0.3 is 5.97 Å². The lowest BCUT2D eigenvalue weighted by Crippen LogP contribution is -2.28. The Kier molecular flexibility index (Phi) is 14.7. The molecule has 0 saturated carbocycles. The van der Waals surface area contributed by atoms with E-state index < -0.39 is 0 Å². The Balaban J connectivity index is 3.57. The number of nitrogens with zero attached hydrogens (tertiary/aromatic N) is 3. The molecule has 0 saturated heterocycles. The van der Waals surface area contributed by atoms with Crippen LogP contribution in [-0.2, 0) is 19.0 Å². The van der Waals surface area contributed by atoms with Gasteiger partial charge < -0.3 is 14.2 Å². The number of hydrogen-bond acceptors (Lipinski definition) is 7. The number of allylic oxidation sites excluding steroid dienone is 1. The molecule has 0 N–H and O–H groups in total. The van der Waals surface area contributed by atoms with Crippen LogP contribution < -0.4 is 0 Å². The molecule has 0 aliphatic rings. The van der Waals surface area contributed by atoms with Gasteiger partial charge in [0.15, 0.2) is 0 Å². The summed E-state index contributed by atoms with van der Waals surface area (Å²) in [6, 6.07) is 3.58. The number of esters is 1. The minimum Gasteiger partial charge on any atom is -0.462 e. The number of carbonyl (C=O) groups is 1. The molecule has 0 atom stereocenters. The largest absolute Gasteiger partial charge is 0.462 e. The molecule has 7 nitrogen and oxygen atoms in total. The number of likely N-dealkylation sites (N-methyl/N-ethyl adjacent to an activating group) is 1. The van der Waals surface area contributed by atoms with E-state index in [9.17, 15) is 4.79 Å². The highest BCUT2D eigenvalue weighted by Crippen LogP contribution is 1.96. The Hall–Kier alpha value is -1.93. The zero-order chi connectivity index (χ0) is 18.0. The molecule has 0 rings (SSSR count). The zero-order valence-corrected chi connectivity index (χ0v) is 14.6. The molecule has 0 aromatic rings. The average Bonchev–Trinajstić information content (AvgIpc) is 2.57. The van der Waals surface area contributed by atoms with E-state index in [1.54, 1.807) is 30.2 Å². The standard InChI is InChI=1S/C17H27N3O4/c1-3-4-8-22-9-10-23-11-12-24-17(21)15-20(2)7-5-6-16(13-18)14-19/h6H,3-5,7-12,15H2,1-2H3. The highest BCUT2D eigenvalue weighted by atomic mass is 16.6. The van der Waals surface area contributed by atoms with Crippen molar-refractivity contribution in [3.05, 3.63) is 11.6 Å². The summed E-state index contributed by atoms with van der Waals surface area (Å²) >= 11 is 0. The predicted octanol–water partition coefficient (Wildman–Crippen LogP) is 1.66. The smallest absolute Gasteiger partial charge is 0.320 e. The molecule has 7 heteroatoms. The van der Waals surface area contributed by atoms with Gasteiger partial charge in [0.25, 0.3) is 0 Å². The number of unbranched alkanes of at least 4 members (excludes halogenated alkanes) is 1. The van der Waals surface area contributed by atoms with E-state index in [-0.39, 0.29) is 24.7 Å². The normalized spacial score (nSPS) is 10.0. The molecule has 0 bridgehead atoms. The molecule has 0 aliphatic heterocycles. The summed E-state index contributed by atoms with van der Waals surface area (Å²) in [6.45, 7) is 5.19. The minimum atomic E-state index is -0.329. The third-order valence-electron chi connectivity index (χ3n) is 3.00. The summed E-state index contributed by atoms with van der Waals surface area (Å²) in [6.07, 6.45) is 4.24. The lowest BCUT2D eigenvalue weighted by Gasteiger charge is -2.14. The molecule has 0 amide bonds. The van der Waals surface area contributed by atoms with Gasteiger partial charge in [0, 0.05) is 13.2 Å². The Morgan fingerprint density at radius 3 is 2.33 bits per heavy atom. The Labute approximate surface area is 144 Å². The van der Waals surface area contributed by atoms with E-state index in [1.807, 2.05) is 0 Å². The van der Waals surface area contributed by atoms with E-state index in [0.29, 0.717) is 32.8 Å². The summed E-state index contributed by atoms with van der Waals surface area (Å²) in [5, 5.41) is 17.2. The number of carbonyl (C=O) groups excluding carboxylic acids is 1. The van der Waals surface area contributed by atoms with E-state index >= 15 is 0 Å². The second kappa shape index (κ2) is 15.9. The first-order valence-electron chi connectivity index (χ1n) is 8.14. The molecular weight excluding hydrogens is 310 g/mol. The maximum Gasteiger partial charge on any atom is 0.320 e. The van der Waals surface area contributed by atoms with E-state index in [4.69, 9.17) is 24.7 Å². The summed E-state index contributed by atoms with van der Waals surface area (Å²) in [5.74, 6) is -0.329. The van der Waals surface area contributed by atoms with Crippen molar-refractivity contribution in [1.29, 1.82) is 10.5 Å². The predicted molar refractivity (Wildman–Crippen MR) is 88.9 cm³/mol. The maximum atomic E-state index is 11.6. The Bertz CT molecular complexity index is 436. The quantitative estimate of drug-likeness (QED) is 0.270. The molecule has 0 heterocycles. The van der Waals surface area contributed by atoms with Gasteiger partial charge in [0.2, 0.25) is 0 Å². The number of ether oxygens (including phenoxy) is 3. The second-order valence-electron chi connectivity index (χ2n) is 5.17. The Morgan fingerprint density at radius 1 is 1.08 bits per heavy atom. The van der Waals surface area contributed by atoms with Gasteiger partial charge in [-0.2, -0.15) is 10.5 Å². The van der Waals surface area contributed by atoms with E-state index in [0.717, 1.165) is 19.4 Å². The third kappa shape index (κ3) is 13.7. The Morgan fingerprint density at radius 2 is 1.71 bits per heavy atom. The van der Waals surface area contributed by atoms with Gasteiger partial charge in [-0.1, -0.05) is 19.4 Å². The summed E-state index contributed by atoms with van der Waals surface area (Å²) in [7, 11) is 1.78. The third-order valence-corrected chi connectivity index (χ3v) is 3.00. The number of nitriles is 2. The molecule has 0 aromatic carbocycles. The molecule has 0 fully saturated rings. The van der Waals surface area contributed by atoms with Gasteiger partial charge in [0.05, 0.1) is 26.4 Å². The lowest BCUT2D eigenvalue weighted by atomic mass is 10.2. The van der Waals surface area contributed by atoms with Crippen LogP contribution in [0.3, 0.4) is 0 Å². The van der Waals surface area contributed by atoms with Crippen LogP contribution in [0.15, 0.2) is 11.6 Å². The summed E-state index contributed by atoms with van der Waals surface area (Å²) in [5.41, 5.74) is 0.0850. The highest BCUT2D eigenvalue weighted by molar-refractivity contribution is 5.71.